The lowest BCUT2D eigenvalue weighted by Crippen LogP contribution is -2.22. The molecular weight excluding hydrogens is 426 g/mol. The number of benzene rings is 2. The van der Waals surface area contributed by atoms with Crippen LogP contribution in [-0.2, 0) is 19.6 Å². The van der Waals surface area contributed by atoms with Crippen LogP contribution in [0.1, 0.15) is 6.92 Å². The molecule has 8 nitrogen and oxygen atoms in total. The highest BCUT2D eigenvalue weighted by atomic mass is 32.2. The monoisotopic (exact) mass is 451 g/mol. The third-order valence-electron chi connectivity index (χ3n) is 3.83. The standard InChI is InChI=1S/C20H25N3O5S2/c1-4-28-17-9-5-15(6-10-17)21-19(24)13-29-14-20(25)22-16-7-11-18(12-8-16)30(26,27)23(2)3/h5-12H,4,13-14H2,1-3H3,(H,21,24)(H,22,25). The van der Waals surface area contributed by atoms with Crippen LogP contribution in [0.4, 0.5) is 11.4 Å². The summed E-state index contributed by atoms with van der Waals surface area (Å²) in [6, 6.07) is 13.0. The number of carbonyl (C=O) groups is 2. The fraction of sp³-hybridized carbons (Fsp3) is 0.300. The maximum atomic E-state index is 12.0. The Bertz CT molecular complexity index is 959. The zero-order valence-electron chi connectivity index (χ0n) is 17.0. The third kappa shape index (κ3) is 7.05. The van der Waals surface area contributed by atoms with Gasteiger partial charge >= 0.3 is 0 Å². The number of ether oxygens (including phenoxy) is 1. The number of hydrogen-bond donors (Lipinski definition) is 2. The Morgan fingerprint density at radius 2 is 1.37 bits per heavy atom. The van der Waals surface area contributed by atoms with E-state index in [0.717, 1.165) is 10.1 Å². The summed E-state index contributed by atoms with van der Waals surface area (Å²) in [6.07, 6.45) is 0. The van der Waals surface area contributed by atoms with Crippen molar-refractivity contribution in [3.05, 3.63) is 48.5 Å². The summed E-state index contributed by atoms with van der Waals surface area (Å²) in [5, 5.41) is 5.43. The smallest absolute Gasteiger partial charge is 0.242 e. The van der Waals surface area contributed by atoms with Gasteiger partial charge in [0.15, 0.2) is 0 Å². The molecule has 0 fully saturated rings. The van der Waals surface area contributed by atoms with Crippen molar-refractivity contribution in [1.82, 2.24) is 4.31 Å². The van der Waals surface area contributed by atoms with Crippen LogP contribution in [0.15, 0.2) is 53.4 Å². The largest absolute Gasteiger partial charge is 0.494 e. The molecule has 0 unspecified atom stereocenters. The minimum Gasteiger partial charge on any atom is -0.494 e. The van der Waals surface area contributed by atoms with Crippen LogP contribution in [0.25, 0.3) is 0 Å². The molecular formula is C20H25N3O5S2. The highest BCUT2D eigenvalue weighted by molar-refractivity contribution is 8.00. The number of anilines is 2. The van der Waals surface area contributed by atoms with E-state index in [2.05, 4.69) is 10.6 Å². The van der Waals surface area contributed by atoms with Crippen molar-refractivity contribution in [1.29, 1.82) is 0 Å². The average molecular weight is 452 g/mol. The second-order valence-corrected chi connectivity index (χ2v) is 9.50. The van der Waals surface area contributed by atoms with Crippen LogP contribution in [0, 0.1) is 0 Å². The second kappa shape index (κ2) is 11.0. The molecule has 2 aromatic rings. The van der Waals surface area contributed by atoms with E-state index in [9.17, 15) is 18.0 Å². The Kier molecular flexibility index (Phi) is 8.70. The molecule has 0 atom stereocenters. The van der Waals surface area contributed by atoms with E-state index < -0.39 is 10.0 Å². The van der Waals surface area contributed by atoms with E-state index in [1.165, 1.54) is 50.1 Å². The quantitative estimate of drug-likeness (QED) is 0.575. The van der Waals surface area contributed by atoms with Gasteiger partial charge in [-0.2, -0.15) is 0 Å². The summed E-state index contributed by atoms with van der Waals surface area (Å²) in [6.45, 7) is 2.47. The summed E-state index contributed by atoms with van der Waals surface area (Å²) in [7, 11) is -0.607. The summed E-state index contributed by atoms with van der Waals surface area (Å²) >= 11 is 1.18. The first kappa shape index (κ1) is 23.7. The predicted octanol–water partition coefficient (Wildman–Crippen LogP) is 2.65. The summed E-state index contributed by atoms with van der Waals surface area (Å²) in [4.78, 5) is 24.2. The number of amides is 2. The number of sulfonamides is 1. The van der Waals surface area contributed by atoms with E-state index in [-0.39, 0.29) is 28.2 Å². The first-order valence-corrected chi connectivity index (χ1v) is 11.7. The van der Waals surface area contributed by atoms with Gasteiger partial charge in [0, 0.05) is 25.5 Å². The van der Waals surface area contributed by atoms with Gasteiger partial charge in [-0.15, -0.1) is 11.8 Å². The molecule has 2 rings (SSSR count). The molecule has 30 heavy (non-hydrogen) atoms. The summed E-state index contributed by atoms with van der Waals surface area (Å²) < 4.78 is 30.5. The van der Waals surface area contributed by atoms with E-state index in [1.807, 2.05) is 6.92 Å². The van der Waals surface area contributed by atoms with Crippen LogP contribution in [0.5, 0.6) is 5.75 Å². The van der Waals surface area contributed by atoms with E-state index in [1.54, 1.807) is 24.3 Å². The van der Waals surface area contributed by atoms with E-state index in [4.69, 9.17) is 4.74 Å². The fourth-order valence-electron chi connectivity index (χ4n) is 2.35. The lowest BCUT2D eigenvalue weighted by atomic mass is 10.3. The van der Waals surface area contributed by atoms with Gasteiger partial charge in [-0.3, -0.25) is 9.59 Å². The normalized spacial score (nSPS) is 11.2. The first-order chi connectivity index (χ1) is 14.2. The molecule has 0 bridgehead atoms. The predicted molar refractivity (Wildman–Crippen MR) is 120 cm³/mol. The van der Waals surface area contributed by atoms with Gasteiger partial charge in [0.2, 0.25) is 21.8 Å². The number of carbonyl (C=O) groups excluding carboxylic acids is 2. The molecule has 10 heteroatoms. The van der Waals surface area contributed by atoms with Crippen molar-refractivity contribution >= 4 is 45.0 Å². The minimum atomic E-state index is -3.51. The topological polar surface area (TPSA) is 105 Å². The Morgan fingerprint density at radius 1 is 0.900 bits per heavy atom. The highest BCUT2D eigenvalue weighted by Crippen LogP contribution is 2.18. The van der Waals surface area contributed by atoms with Crippen LogP contribution >= 0.6 is 11.8 Å². The summed E-state index contributed by atoms with van der Waals surface area (Å²) in [5.41, 5.74) is 1.14. The molecule has 0 radical (unpaired) electrons. The zero-order valence-corrected chi connectivity index (χ0v) is 18.7. The summed E-state index contributed by atoms with van der Waals surface area (Å²) in [5.74, 6) is 0.455. The molecule has 2 amide bonds. The SMILES string of the molecule is CCOc1ccc(NC(=O)CSCC(=O)Nc2ccc(S(=O)(=O)N(C)C)cc2)cc1. The Morgan fingerprint density at radius 3 is 1.80 bits per heavy atom. The lowest BCUT2D eigenvalue weighted by Gasteiger charge is -2.12. The van der Waals surface area contributed by atoms with Gasteiger partial charge in [-0.05, 0) is 55.5 Å². The van der Waals surface area contributed by atoms with Crippen molar-refractivity contribution in [2.24, 2.45) is 0 Å². The maximum absolute atomic E-state index is 12.0. The number of nitrogens with one attached hydrogen (secondary N) is 2. The fourth-order valence-corrected chi connectivity index (χ4v) is 3.87. The molecule has 162 valence electrons. The van der Waals surface area contributed by atoms with Gasteiger partial charge in [0.1, 0.15) is 5.75 Å². The molecule has 0 aliphatic carbocycles. The molecule has 0 saturated carbocycles. The second-order valence-electron chi connectivity index (χ2n) is 6.36. The average Bonchev–Trinajstić information content (AvgIpc) is 2.70. The van der Waals surface area contributed by atoms with Gasteiger partial charge in [0.05, 0.1) is 23.0 Å². The van der Waals surface area contributed by atoms with Gasteiger partial charge in [-0.1, -0.05) is 0 Å². The number of thioether (sulfide) groups is 1. The van der Waals surface area contributed by atoms with Crippen molar-refractivity contribution in [2.75, 3.05) is 42.8 Å². The van der Waals surface area contributed by atoms with Crippen molar-refractivity contribution < 1.29 is 22.7 Å². The molecule has 0 aromatic heterocycles. The Hall–Kier alpha value is -2.56. The molecule has 0 aliphatic heterocycles. The minimum absolute atomic E-state index is 0.0917. The first-order valence-electron chi connectivity index (χ1n) is 9.15. The van der Waals surface area contributed by atoms with Crippen molar-refractivity contribution in [3.8, 4) is 5.75 Å². The van der Waals surface area contributed by atoms with Gasteiger partial charge in [-0.25, -0.2) is 12.7 Å². The molecule has 2 aromatic carbocycles. The van der Waals surface area contributed by atoms with E-state index >= 15 is 0 Å². The Labute approximate surface area is 181 Å². The van der Waals surface area contributed by atoms with Crippen LogP contribution in [0.3, 0.4) is 0 Å². The van der Waals surface area contributed by atoms with Crippen LogP contribution in [0.2, 0.25) is 0 Å². The Balaban J connectivity index is 1.76. The maximum Gasteiger partial charge on any atom is 0.242 e. The molecule has 0 saturated heterocycles. The van der Waals surface area contributed by atoms with Crippen LogP contribution in [-0.4, -0.2) is 56.7 Å². The third-order valence-corrected chi connectivity index (χ3v) is 6.59. The van der Waals surface area contributed by atoms with Gasteiger partial charge in [0.25, 0.3) is 0 Å². The van der Waals surface area contributed by atoms with Gasteiger partial charge < -0.3 is 15.4 Å². The van der Waals surface area contributed by atoms with Crippen molar-refractivity contribution in [3.63, 3.8) is 0 Å². The molecule has 2 N–H and O–H groups in total. The van der Waals surface area contributed by atoms with E-state index in [0.29, 0.717) is 18.0 Å². The number of nitrogens with zero attached hydrogens (tertiary/aromatic N) is 1. The lowest BCUT2D eigenvalue weighted by molar-refractivity contribution is -0.114. The number of rotatable bonds is 10. The molecule has 0 spiro atoms. The molecule has 0 heterocycles. The number of hydrogen-bond acceptors (Lipinski definition) is 6. The van der Waals surface area contributed by atoms with Crippen LogP contribution < -0.4 is 15.4 Å². The zero-order chi connectivity index (χ0) is 22.1. The highest BCUT2D eigenvalue weighted by Gasteiger charge is 2.16. The van der Waals surface area contributed by atoms with Crippen molar-refractivity contribution in [2.45, 2.75) is 11.8 Å². The molecule has 0 aliphatic rings.